The van der Waals surface area contributed by atoms with Crippen molar-refractivity contribution >= 4 is 0 Å². The van der Waals surface area contributed by atoms with Crippen LogP contribution in [-0.4, -0.2) is 23.7 Å². The van der Waals surface area contributed by atoms with Gasteiger partial charge in [0, 0.05) is 18.1 Å². The molecule has 1 saturated heterocycles. The van der Waals surface area contributed by atoms with Crippen LogP contribution in [0, 0.1) is 0 Å². The van der Waals surface area contributed by atoms with Crippen molar-refractivity contribution in [3.8, 4) is 0 Å². The van der Waals surface area contributed by atoms with Crippen molar-refractivity contribution in [2.45, 2.75) is 69.7 Å². The molecule has 2 unspecified atom stereocenters. The first-order valence-corrected chi connectivity index (χ1v) is 8.85. The molecule has 1 fully saturated rings. The molecule has 1 heterocycles. The summed E-state index contributed by atoms with van der Waals surface area (Å²) >= 11 is 0. The topological polar surface area (TPSA) is 29.3 Å². The number of nitrogens with two attached hydrogens (primary N) is 1. The molecule has 2 aliphatic rings. The Kier molecular flexibility index (Phi) is 4.66. The largest absolute Gasteiger partial charge is 0.318 e. The molecule has 0 spiro atoms. The molecule has 2 atom stereocenters. The van der Waals surface area contributed by atoms with Gasteiger partial charge < -0.3 is 5.73 Å². The Labute approximate surface area is 129 Å². The molecule has 1 aromatic rings. The zero-order valence-electron chi connectivity index (χ0n) is 13.5. The first-order valence-electron chi connectivity index (χ1n) is 8.85. The Hall–Kier alpha value is -0.860. The van der Waals surface area contributed by atoms with E-state index in [9.17, 15) is 0 Å². The van der Waals surface area contributed by atoms with E-state index in [1.54, 1.807) is 11.1 Å². The summed E-state index contributed by atoms with van der Waals surface area (Å²) < 4.78 is 0. The first kappa shape index (κ1) is 15.1. The highest BCUT2D eigenvalue weighted by atomic mass is 15.2. The van der Waals surface area contributed by atoms with Crippen LogP contribution in [-0.2, 0) is 6.42 Å². The van der Waals surface area contributed by atoms with Crippen LogP contribution >= 0.6 is 0 Å². The van der Waals surface area contributed by atoms with E-state index in [2.05, 4.69) is 36.1 Å². The maximum atomic E-state index is 6.16. The van der Waals surface area contributed by atoms with E-state index in [-0.39, 0.29) is 0 Å². The highest BCUT2D eigenvalue weighted by Crippen LogP contribution is 2.48. The van der Waals surface area contributed by atoms with Gasteiger partial charge in [-0.2, -0.15) is 0 Å². The fourth-order valence-corrected chi connectivity index (χ4v) is 4.98. The Morgan fingerprint density at radius 2 is 2.10 bits per heavy atom. The minimum atomic E-state index is 0.318. The Morgan fingerprint density at radius 3 is 2.90 bits per heavy atom. The molecular formula is C19H30N2. The van der Waals surface area contributed by atoms with Crippen molar-refractivity contribution in [2.24, 2.45) is 5.73 Å². The summed E-state index contributed by atoms with van der Waals surface area (Å²) in [5.74, 6) is 0.686. The predicted molar refractivity (Wildman–Crippen MR) is 89.4 cm³/mol. The van der Waals surface area contributed by atoms with Gasteiger partial charge >= 0.3 is 0 Å². The fourth-order valence-electron chi connectivity index (χ4n) is 4.98. The molecule has 0 saturated carbocycles. The zero-order chi connectivity index (χ0) is 14.7. The molecular weight excluding hydrogens is 256 g/mol. The molecule has 1 aromatic carbocycles. The molecule has 0 amide bonds. The van der Waals surface area contributed by atoms with Crippen molar-refractivity contribution in [2.75, 3.05) is 13.2 Å². The average Bonchev–Trinajstić information content (AvgIpc) is 2.55. The molecule has 2 N–H and O–H groups in total. The van der Waals surface area contributed by atoms with E-state index in [0.717, 1.165) is 6.67 Å². The van der Waals surface area contributed by atoms with Crippen molar-refractivity contribution in [3.05, 3.63) is 35.4 Å². The molecule has 1 aliphatic carbocycles. The second-order valence-corrected chi connectivity index (χ2v) is 6.90. The summed E-state index contributed by atoms with van der Waals surface area (Å²) in [6, 6.07) is 9.16. The van der Waals surface area contributed by atoms with Gasteiger partial charge in [0.05, 0.1) is 0 Å². The summed E-state index contributed by atoms with van der Waals surface area (Å²) in [5.41, 5.74) is 9.69. The summed E-state index contributed by atoms with van der Waals surface area (Å²) in [7, 11) is 0. The SMILES string of the molecule is CCCC1(C2CCCc3ccccc32)CCCCN1CN. The lowest BCUT2D eigenvalue weighted by Crippen LogP contribution is -2.57. The lowest BCUT2D eigenvalue weighted by Gasteiger charge is -2.53. The van der Waals surface area contributed by atoms with Gasteiger partial charge in [0.1, 0.15) is 0 Å². The highest BCUT2D eigenvalue weighted by molar-refractivity contribution is 5.35. The minimum absolute atomic E-state index is 0.318. The summed E-state index contributed by atoms with van der Waals surface area (Å²) in [5, 5.41) is 0. The zero-order valence-corrected chi connectivity index (χ0v) is 13.5. The molecule has 2 heteroatoms. The van der Waals surface area contributed by atoms with Crippen LogP contribution < -0.4 is 5.73 Å². The number of hydrogen-bond donors (Lipinski definition) is 1. The second-order valence-electron chi connectivity index (χ2n) is 6.90. The lowest BCUT2D eigenvalue weighted by atomic mass is 9.65. The van der Waals surface area contributed by atoms with E-state index < -0.39 is 0 Å². The van der Waals surface area contributed by atoms with Gasteiger partial charge in [-0.3, -0.25) is 4.90 Å². The Morgan fingerprint density at radius 1 is 1.24 bits per heavy atom. The number of benzene rings is 1. The molecule has 1 aliphatic heterocycles. The van der Waals surface area contributed by atoms with Crippen LogP contribution in [0.5, 0.6) is 0 Å². The van der Waals surface area contributed by atoms with Crippen LogP contribution in [0.3, 0.4) is 0 Å². The maximum Gasteiger partial charge on any atom is 0.0460 e. The van der Waals surface area contributed by atoms with E-state index >= 15 is 0 Å². The van der Waals surface area contributed by atoms with Gasteiger partial charge in [0.2, 0.25) is 0 Å². The molecule has 3 rings (SSSR count). The average molecular weight is 286 g/mol. The van der Waals surface area contributed by atoms with Gasteiger partial charge in [-0.25, -0.2) is 0 Å². The monoisotopic (exact) mass is 286 g/mol. The predicted octanol–water partition coefficient (Wildman–Crippen LogP) is 4.05. The quantitative estimate of drug-likeness (QED) is 0.905. The summed E-state index contributed by atoms with van der Waals surface area (Å²) in [6.45, 7) is 4.24. The maximum absolute atomic E-state index is 6.16. The van der Waals surface area contributed by atoms with Gasteiger partial charge in [-0.1, -0.05) is 44.0 Å². The van der Waals surface area contributed by atoms with Crippen molar-refractivity contribution in [1.29, 1.82) is 0 Å². The molecule has 0 radical (unpaired) electrons. The summed E-state index contributed by atoms with van der Waals surface area (Å²) in [4.78, 5) is 2.62. The fraction of sp³-hybridized carbons (Fsp3) is 0.684. The van der Waals surface area contributed by atoms with E-state index in [1.807, 2.05) is 0 Å². The third kappa shape index (κ3) is 2.64. The third-order valence-electron chi connectivity index (χ3n) is 5.84. The van der Waals surface area contributed by atoms with Gasteiger partial charge in [-0.15, -0.1) is 0 Å². The molecule has 116 valence electrons. The van der Waals surface area contributed by atoms with E-state index in [1.165, 1.54) is 57.9 Å². The number of aryl methyl sites for hydroxylation is 1. The van der Waals surface area contributed by atoms with E-state index in [0.29, 0.717) is 11.5 Å². The Bertz CT molecular complexity index is 466. The van der Waals surface area contributed by atoms with Gasteiger partial charge in [-0.05, 0) is 56.2 Å². The highest BCUT2D eigenvalue weighted by Gasteiger charge is 2.45. The second kappa shape index (κ2) is 6.50. The number of rotatable bonds is 4. The Balaban J connectivity index is 2.01. The number of fused-ring (bicyclic) bond motifs is 1. The van der Waals surface area contributed by atoms with Crippen molar-refractivity contribution < 1.29 is 0 Å². The van der Waals surface area contributed by atoms with Crippen molar-refractivity contribution in [1.82, 2.24) is 4.90 Å². The van der Waals surface area contributed by atoms with Crippen LogP contribution in [0.2, 0.25) is 0 Å². The van der Waals surface area contributed by atoms with Crippen LogP contribution in [0.4, 0.5) is 0 Å². The van der Waals surface area contributed by atoms with E-state index in [4.69, 9.17) is 5.73 Å². The number of hydrogen-bond acceptors (Lipinski definition) is 2. The van der Waals surface area contributed by atoms with Gasteiger partial charge in [0.15, 0.2) is 0 Å². The normalized spacial score (nSPS) is 30.1. The molecule has 0 bridgehead atoms. The number of nitrogens with zero attached hydrogens (tertiary/aromatic N) is 1. The number of likely N-dealkylation sites (tertiary alicyclic amines) is 1. The standard InChI is InChI=1S/C19H30N2/c1-2-12-19(13-5-6-14-21(19)15-20)18-11-7-9-16-8-3-4-10-17(16)18/h3-4,8,10,18H,2,5-7,9,11-15,20H2,1H3. The lowest BCUT2D eigenvalue weighted by molar-refractivity contribution is 0.0114. The molecule has 2 nitrogen and oxygen atoms in total. The molecule has 21 heavy (non-hydrogen) atoms. The minimum Gasteiger partial charge on any atom is -0.318 e. The smallest absolute Gasteiger partial charge is 0.0460 e. The molecule has 0 aromatic heterocycles. The first-order chi connectivity index (χ1) is 10.3. The third-order valence-corrected chi connectivity index (χ3v) is 5.84. The van der Waals surface area contributed by atoms with Crippen LogP contribution in [0.25, 0.3) is 0 Å². The van der Waals surface area contributed by atoms with Crippen LogP contribution in [0.15, 0.2) is 24.3 Å². The van der Waals surface area contributed by atoms with Crippen molar-refractivity contribution in [3.63, 3.8) is 0 Å². The van der Waals surface area contributed by atoms with Crippen LogP contribution in [0.1, 0.15) is 68.9 Å². The summed E-state index contributed by atoms with van der Waals surface area (Å²) in [6.07, 6.45) is 10.5. The van der Waals surface area contributed by atoms with Gasteiger partial charge in [0.25, 0.3) is 0 Å². The number of piperidine rings is 1.